The number of fused-ring (bicyclic) bond motifs is 1. The van der Waals surface area contributed by atoms with Gasteiger partial charge in [-0.05, 0) is 31.9 Å². The molecule has 1 amide bonds. The topological polar surface area (TPSA) is 80.0 Å². The lowest BCUT2D eigenvalue weighted by atomic mass is 10.0. The molecule has 24 heavy (non-hydrogen) atoms. The van der Waals surface area contributed by atoms with Gasteiger partial charge in [-0.3, -0.25) is 9.59 Å². The van der Waals surface area contributed by atoms with Crippen LogP contribution in [0.2, 0.25) is 0 Å². The molecule has 0 saturated carbocycles. The van der Waals surface area contributed by atoms with Crippen molar-refractivity contribution < 1.29 is 23.8 Å². The van der Waals surface area contributed by atoms with Crippen molar-refractivity contribution in [3.63, 3.8) is 0 Å². The van der Waals surface area contributed by atoms with E-state index in [-0.39, 0.29) is 18.9 Å². The van der Waals surface area contributed by atoms with E-state index in [0.29, 0.717) is 18.9 Å². The quantitative estimate of drug-likeness (QED) is 0.935. The number of carboxylic acid groups (broad SMARTS) is 1. The number of ether oxygens (including phenoxy) is 1. The molecule has 1 aromatic heterocycles. The average molecular weight is 331 g/mol. The molecule has 1 aliphatic rings. The van der Waals surface area contributed by atoms with Gasteiger partial charge in [0, 0.05) is 24.0 Å². The summed E-state index contributed by atoms with van der Waals surface area (Å²) in [4.78, 5) is 25.3. The minimum atomic E-state index is -0.930. The molecule has 0 radical (unpaired) electrons. The molecule has 0 aliphatic carbocycles. The van der Waals surface area contributed by atoms with Gasteiger partial charge in [-0.2, -0.15) is 0 Å². The van der Waals surface area contributed by atoms with Crippen molar-refractivity contribution in [1.29, 1.82) is 0 Å². The summed E-state index contributed by atoms with van der Waals surface area (Å²) in [6, 6.07) is 4.00. The number of aryl methyl sites for hydroxylation is 3. The van der Waals surface area contributed by atoms with Gasteiger partial charge in [-0.1, -0.05) is 12.1 Å². The van der Waals surface area contributed by atoms with Crippen LogP contribution in [0.15, 0.2) is 16.5 Å². The number of hydrogen-bond acceptors (Lipinski definition) is 4. The number of benzene rings is 1. The van der Waals surface area contributed by atoms with Crippen LogP contribution in [0.3, 0.4) is 0 Å². The predicted molar refractivity (Wildman–Crippen MR) is 88.3 cm³/mol. The molecular weight excluding hydrogens is 310 g/mol. The SMILES string of the molecule is Cc1ccc(C)c2c(C)c(C(=O)N3CCO[C@@H](CC(=O)O)C3)oc12. The summed E-state index contributed by atoms with van der Waals surface area (Å²) in [5.74, 6) is -0.806. The monoisotopic (exact) mass is 331 g/mol. The number of carbonyl (C=O) groups is 2. The fourth-order valence-corrected chi connectivity index (χ4v) is 3.24. The lowest BCUT2D eigenvalue weighted by molar-refractivity contribution is -0.141. The zero-order valence-electron chi connectivity index (χ0n) is 14.1. The number of nitrogens with zero attached hydrogens (tertiary/aromatic N) is 1. The summed E-state index contributed by atoms with van der Waals surface area (Å²) in [6.07, 6.45) is -0.588. The molecule has 0 bridgehead atoms. The van der Waals surface area contributed by atoms with Crippen LogP contribution in [-0.2, 0) is 9.53 Å². The van der Waals surface area contributed by atoms with Crippen molar-refractivity contribution >= 4 is 22.8 Å². The smallest absolute Gasteiger partial charge is 0.306 e. The number of carboxylic acids is 1. The maximum absolute atomic E-state index is 12.9. The van der Waals surface area contributed by atoms with Crippen LogP contribution >= 0.6 is 0 Å². The largest absolute Gasteiger partial charge is 0.481 e. The highest BCUT2D eigenvalue weighted by atomic mass is 16.5. The highest BCUT2D eigenvalue weighted by Crippen LogP contribution is 2.31. The van der Waals surface area contributed by atoms with E-state index in [2.05, 4.69) is 0 Å². The highest BCUT2D eigenvalue weighted by molar-refractivity contribution is 6.00. The van der Waals surface area contributed by atoms with Crippen LogP contribution in [0.4, 0.5) is 0 Å². The van der Waals surface area contributed by atoms with E-state index in [1.807, 2.05) is 32.9 Å². The second-order valence-corrected chi connectivity index (χ2v) is 6.30. The molecule has 2 heterocycles. The number of hydrogen-bond donors (Lipinski definition) is 1. The Labute approximate surface area is 140 Å². The van der Waals surface area contributed by atoms with Gasteiger partial charge in [0.2, 0.25) is 0 Å². The predicted octanol–water partition coefficient (Wildman–Crippen LogP) is 2.67. The third kappa shape index (κ3) is 2.89. The number of morpholine rings is 1. The normalized spacial score (nSPS) is 18.1. The molecule has 0 spiro atoms. The summed E-state index contributed by atoms with van der Waals surface area (Å²) >= 11 is 0. The van der Waals surface area contributed by atoms with Crippen LogP contribution in [0, 0.1) is 20.8 Å². The van der Waals surface area contributed by atoms with E-state index in [4.69, 9.17) is 14.3 Å². The van der Waals surface area contributed by atoms with E-state index in [1.165, 1.54) is 0 Å². The molecule has 1 fully saturated rings. The van der Waals surface area contributed by atoms with Crippen molar-refractivity contribution in [3.05, 3.63) is 34.6 Å². The lowest BCUT2D eigenvalue weighted by Crippen LogP contribution is -2.46. The Bertz CT molecular complexity index is 807. The maximum atomic E-state index is 12.9. The van der Waals surface area contributed by atoms with Crippen molar-refractivity contribution in [1.82, 2.24) is 4.90 Å². The maximum Gasteiger partial charge on any atom is 0.306 e. The van der Waals surface area contributed by atoms with Crippen molar-refractivity contribution in [2.75, 3.05) is 19.7 Å². The first-order chi connectivity index (χ1) is 11.4. The summed E-state index contributed by atoms with van der Waals surface area (Å²) in [5.41, 5.74) is 3.63. The van der Waals surface area contributed by atoms with Crippen LogP contribution in [0.25, 0.3) is 11.0 Å². The molecule has 1 N–H and O–H groups in total. The lowest BCUT2D eigenvalue weighted by Gasteiger charge is -2.31. The molecule has 1 aliphatic heterocycles. The molecule has 128 valence electrons. The molecule has 1 aromatic carbocycles. The van der Waals surface area contributed by atoms with Crippen molar-refractivity contribution in [2.45, 2.75) is 33.3 Å². The summed E-state index contributed by atoms with van der Waals surface area (Å²) in [5, 5.41) is 9.89. The number of rotatable bonds is 3. The summed E-state index contributed by atoms with van der Waals surface area (Å²) < 4.78 is 11.3. The summed E-state index contributed by atoms with van der Waals surface area (Å²) in [7, 11) is 0. The first-order valence-corrected chi connectivity index (χ1v) is 8.00. The molecule has 6 heteroatoms. The fraction of sp³-hybridized carbons (Fsp3) is 0.444. The molecule has 6 nitrogen and oxygen atoms in total. The Morgan fingerprint density at radius 2 is 1.96 bits per heavy atom. The number of carbonyl (C=O) groups excluding carboxylic acids is 1. The average Bonchev–Trinajstić information content (AvgIpc) is 2.89. The van der Waals surface area contributed by atoms with Gasteiger partial charge in [0.25, 0.3) is 5.91 Å². The van der Waals surface area contributed by atoms with E-state index in [1.54, 1.807) is 4.90 Å². The number of amides is 1. The molecule has 2 aromatic rings. The second-order valence-electron chi connectivity index (χ2n) is 6.30. The van der Waals surface area contributed by atoms with Crippen LogP contribution in [0.1, 0.15) is 33.7 Å². The number of aliphatic carboxylic acids is 1. The van der Waals surface area contributed by atoms with Gasteiger partial charge in [-0.15, -0.1) is 0 Å². The van der Waals surface area contributed by atoms with Crippen molar-refractivity contribution in [2.24, 2.45) is 0 Å². The molecule has 3 rings (SSSR count). The van der Waals surface area contributed by atoms with E-state index < -0.39 is 12.1 Å². The summed E-state index contributed by atoms with van der Waals surface area (Å²) in [6.45, 7) is 6.87. The van der Waals surface area contributed by atoms with Gasteiger partial charge >= 0.3 is 5.97 Å². The third-order valence-corrected chi connectivity index (χ3v) is 4.51. The zero-order valence-corrected chi connectivity index (χ0v) is 14.1. The Morgan fingerprint density at radius 3 is 2.62 bits per heavy atom. The first kappa shape index (κ1) is 16.5. The molecule has 1 atom stereocenters. The van der Waals surface area contributed by atoms with Crippen LogP contribution < -0.4 is 0 Å². The molecule has 0 unspecified atom stereocenters. The van der Waals surface area contributed by atoms with Gasteiger partial charge in [0.15, 0.2) is 5.76 Å². The Kier molecular flexibility index (Phi) is 4.32. The Hall–Kier alpha value is -2.34. The van der Waals surface area contributed by atoms with Gasteiger partial charge < -0.3 is 19.2 Å². The minimum Gasteiger partial charge on any atom is -0.481 e. The third-order valence-electron chi connectivity index (χ3n) is 4.51. The van der Waals surface area contributed by atoms with Gasteiger partial charge in [0.05, 0.1) is 19.1 Å². The second kappa shape index (κ2) is 6.28. The Morgan fingerprint density at radius 1 is 1.25 bits per heavy atom. The van der Waals surface area contributed by atoms with Crippen molar-refractivity contribution in [3.8, 4) is 0 Å². The zero-order chi connectivity index (χ0) is 17.4. The standard InChI is InChI=1S/C18H21NO5/c1-10-4-5-11(2)16-15(10)12(3)17(24-16)18(22)19-6-7-23-13(9-19)8-14(20)21/h4-5,13H,6-9H2,1-3H3,(H,20,21)/t13-/m0/s1. The fourth-order valence-electron chi connectivity index (χ4n) is 3.24. The Balaban J connectivity index is 1.91. The van der Waals surface area contributed by atoms with Gasteiger partial charge in [0.1, 0.15) is 5.58 Å². The van der Waals surface area contributed by atoms with Gasteiger partial charge in [-0.25, -0.2) is 0 Å². The molecular formula is C18H21NO5. The number of furan rings is 1. The first-order valence-electron chi connectivity index (χ1n) is 8.00. The highest BCUT2D eigenvalue weighted by Gasteiger charge is 2.30. The van der Waals surface area contributed by atoms with Crippen LogP contribution in [0.5, 0.6) is 0 Å². The minimum absolute atomic E-state index is 0.110. The van der Waals surface area contributed by atoms with Crippen LogP contribution in [-0.4, -0.2) is 47.7 Å². The van der Waals surface area contributed by atoms with E-state index in [0.717, 1.165) is 27.7 Å². The van der Waals surface area contributed by atoms with E-state index >= 15 is 0 Å². The van der Waals surface area contributed by atoms with E-state index in [9.17, 15) is 9.59 Å². The molecule has 1 saturated heterocycles.